The summed E-state index contributed by atoms with van der Waals surface area (Å²) in [5, 5.41) is 6.95. The van der Waals surface area contributed by atoms with Crippen LogP contribution in [-0.4, -0.2) is 38.6 Å². The quantitative estimate of drug-likeness (QED) is 0.289. The average molecular weight is 530 g/mol. The van der Waals surface area contributed by atoms with E-state index in [2.05, 4.69) is 15.4 Å². The van der Waals surface area contributed by atoms with Gasteiger partial charge in [0.05, 0.1) is 17.5 Å². The number of rotatable bonds is 10. The highest BCUT2D eigenvalue weighted by Gasteiger charge is 2.22. The van der Waals surface area contributed by atoms with Gasteiger partial charge in [-0.05, 0) is 59.2 Å². The van der Waals surface area contributed by atoms with Gasteiger partial charge in [-0.25, -0.2) is 8.42 Å². The summed E-state index contributed by atoms with van der Waals surface area (Å²) in [4.78, 5) is 37.1. The molecule has 0 spiro atoms. The summed E-state index contributed by atoms with van der Waals surface area (Å²) in [6.07, 6.45) is 0.259. The number of sulfonamides is 1. The van der Waals surface area contributed by atoms with E-state index in [0.717, 1.165) is 16.3 Å². The molecule has 8 nitrogen and oxygen atoms in total. The third-order valence-electron chi connectivity index (χ3n) is 5.92. The first-order valence-electron chi connectivity index (χ1n) is 11.9. The van der Waals surface area contributed by atoms with Crippen LogP contribution < -0.4 is 15.4 Å². The normalized spacial score (nSPS) is 11.9. The lowest BCUT2D eigenvalue weighted by Gasteiger charge is -2.18. The Balaban J connectivity index is 1.46. The topological polar surface area (TPSA) is 121 Å². The number of fused-ring (bicyclic) bond motifs is 1. The second-order valence-corrected chi connectivity index (χ2v) is 10.5. The van der Waals surface area contributed by atoms with E-state index >= 15 is 0 Å². The van der Waals surface area contributed by atoms with Crippen LogP contribution in [-0.2, 0) is 26.0 Å². The third kappa shape index (κ3) is 6.83. The lowest BCUT2D eigenvalue weighted by Crippen LogP contribution is -2.46. The molecule has 0 saturated heterocycles. The van der Waals surface area contributed by atoms with Gasteiger partial charge in [-0.2, -0.15) is 0 Å². The predicted molar refractivity (Wildman–Crippen MR) is 146 cm³/mol. The van der Waals surface area contributed by atoms with Crippen LogP contribution in [0.3, 0.4) is 0 Å². The van der Waals surface area contributed by atoms with Gasteiger partial charge in [0.1, 0.15) is 0 Å². The van der Waals surface area contributed by atoms with Crippen molar-refractivity contribution in [3.63, 3.8) is 0 Å². The highest BCUT2D eigenvalue weighted by atomic mass is 32.2. The molecular formula is C29H27N3O5S. The lowest BCUT2D eigenvalue weighted by molar-refractivity contribution is -0.124. The Morgan fingerprint density at radius 1 is 0.789 bits per heavy atom. The van der Waals surface area contributed by atoms with Crippen molar-refractivity contribution >= 4 is 44.1 Å². The maximum atomic E-state index is 12.9. The zero-order chi connectivity index (χ0) is 27.1. The summed E-state index contributed by atoms with van der Waals surface area (Å²) < 4.78 is 28.4. The van der Waals surface area contributed by atoms with E-state index in [0.29, 0.717) is 0 Å². The van der Waals surface area contributed by atoms with Gasteiger partial charge in [0, 0.05) is 18.2 Å². The Labute approximate surface area is 221 Å². The van der Waals surface area contributed by atoms with Crippen molar-refractivity contribution in [2.24, 2.45) is 0 Å². The van der Waals surface area contributed by atoms with Crippen molar-refractivity contribution in [3.05, 3.63) is 108 Å². The van der Waals surface area contributed by atoms with Crippen LogP contribution in [0, 0.1) is 0 Å². The van der Waals surface area contributed by atoms with Crippen LogP contribution in [0.1, 0.15) is 22.8 Å². The van der Waals surface area contributed by atoms with E-state index in [9.17, 15) is 22.8 Å². The Morgan fingerprint density at radius 3 is 2.13 bits per heavy atom. The van der Waals surface area contributed by atoms with Gasteiger partial charge in [-0.15, -0.1) is 0 Å². The molecule has 4 rings (SSSR count). The minimum Gasteiger partial charge on any atom is -0.349 e. The minimum atomic E-state index is -3.85. The number of hydrogen-bond acceptors (Lipinski definition) is 5. The van der Waals surface area contributed by atoms with Gasteiger partial charge in [0.15, 0.2) is 5.78 Å². The summed E-state index contributed by atoms with van der Waals surface area (Å²) in [6, 6.07) is 26.6. The summed E-state index contributed by atoms with van der Waals surface area (Å²) in [7, 11) is -3.85. The van der Waals surface area contributed by atoms with Crippen molar-refractivity contribution in [1.29, 1.82) is 0 Å². The molecule has 0 aliphatic rings. The number of amides is 2. The Kier molecular flexibility index (Phi) is 8.18. The zero-order valence-electron chi connectivity index (χ0n) is 20.7. The number of benzene rings is 4. The summed E-state index contributed by atoms with van der Waals surface area (Å²) >= 11 is 0. The summed E-state index contributed by atoms with van der Waals surface area (Å²) in [5.74, 6) is -1.17. The second-order valence-electron chi connectivity index (χ2n) is 8.78. The number of Topliss-reactive ketones (excluding diaryl/α,β-unsaturated/α-hetero) is 1. The first kappa shape index (κ1) is 26.6. The zero-order valence-corrected chi connectivity index (χ0v) is 21.5. The molecule has 0 aromatic heterocycles. The first-order valence-corrected chi connectivity index (χ1v) is 13.4. The van der Waals surface area contributed by atoms with Crippen molar-refractivity contribution in [1.82, 2.24) is 10.6 Å². The van der Waals surface area contributed by atoms with E-state index in [1.165, 1.54) is 37.3 Å². The molecule has 4 aromatic rings. The Bertz CT molecular complexity index is 1570. The molecule has 0 bridgehead atoms. The van der Waals surface area contributed by atoms with E-state index < -0.39 is 22.0 Å². The fourth-order valence-electron chi connectivity index (χ4n) is 3.91. The maximum Gasteiger partial charge on any atom is 0.261 e. The molecule has 0 heterocycles. The standard InChI is InChI=1S/C29H27N3O5S/c1-20(33)30-19-28(34)27(17-21-7-3-2-4-8-21)31-29(35)23-11-14-25(15-12-23)32-38(36,37)26-16-13-22-9-5-6-10-24(22)18-26/h2-16,18,27,32H,17,19H2,1H3,(H,30,33)(H,31,35)/t27-/m0/s1. The molecule has 0 unspecified atom stereocenters. The van der Waals surface area contributed by atoms with Gasteiger partial charge >= 0.3 is 0 Å². The largest absolute Gasteiger partial charge is 0.349 e. The highest BCUT2D eigenvalue weighted by Crippen LogP contribution is 2.22. The van der Waals surface area contributed by atoms with Gasteiger partial charge in [-0.3, -0.25) is 19.1 Å². The van der Waals surface area contributed by atoms with E-state index in [-0.39, 0.29) is 40.8 Å². The number of anilines is 1. The average Bonchev–Trinajstić information content (AvgIpc) is 2.91. The summed E-state index contributed by atoms with van der Waals surface area (Å²) in [5.41, 5.74) is 1.40. The SMILES string of the molecule is CC(=O)NCC(=O)[C@H](Cc1ccccc1)NC(=O)c1ccc(NS(=O)(=O)c2ccc3ccccc3c2)cc1. The number of carbonyl (C=O) groups excluding carboxylic acids is 3. The molecule has 0 fully saturated rings. The van der Waals surface area contributed by atoms with Gasteiger partial charge in [0.2, 0.25) is 5.91 Å². The number of carbonyl (C=O) groups is 3. The van der Waals surface area contributed by atoms with Crippen molar-refractivity contribution < 1.29 is 22.8 Å². The van der Waals surface area contributed by atoms with E-state index in [1.807, 2.05) is 54.6 Å². The Hall–Kier alpha value is -4.50. The number of ketones is 1. The van der Waals surface area contributed by atoms with Crippen LogP contribution in [0.15, 0.2) is 102 Å². The molecule has 2 amide bonds. The fraction of sp³-hybridized carbons (Fsp3) is 0.138. The molecular weight excluding hydrogens is 502 g/mol. The lowest BCUT2D eigenvalue weighted by atomic mass is 10.0. The van der Waals surface area contributed by atoms with Crippen LogP contribution in [0.4, 0.5) is 5.69 Å². The van der Waals surface area contributed by atoms with Crippen LogP contribution >= 0.6 is 0 Å². The summed E-state index contributed by atoms with van der Waals surface area (Å²) in [6.45, 7) is 1.11. The molecule has 9 heteroatoms. The second kappa shape index (κ2) is 11.7. The minimum absolute atomic E-state index is 0.124. The first-order chi connectivity index (χ1) is 18.2. The van der Waals surface area contributed by atoms with Crippen molar-refractivity contribution in [2.75, 3.05) is 11.3 Å². The molecule has 0 aliphatic carbocycles. The third-order valence-corrected chi connectivity index (χ3v) is 7.30. The highest BCUT2D eigenvalue weighted by molar-refractivity contribution is 7.92. The number of hydrogen-bond donors (Lipinski definition) is 3. The molecule has 0 radical (unpaired) electrons. The monoisotopic (exact) mass is 529 g/mol. The molecule has 4 aromatic carbocycles. The van der Waals surface area contributed by atoms with Crippen LogP contribution in [0.5, 0.6) is 0 Å². The predicted octanol–water partition coefficient (Wildman–Crippen LogP) is 3.69. The molecule has 0 saturated carbocycles. The smallest absolute Gasteiger partial charge is 0.261 e. The maximum absolute atomic E-state index is 12.9. The molecule has 194 valence electrons. The van der Waals surface area contributed by atoms with Gasteiger partial charge < -0.3 is 10.6 Å². The van der Waals surface area contributed by atoms with E-state index in [4.69, 9.17) is 0 Å². The van der Waals surface area contributed by atoms with E-state index in [1.54, 1.807) is 12.1 Å². The van der Waals surface area contributed by atoms with Crippen molar-refractivity contribution in [2.45, 2.75) is 24.3 Å². The van der Waals surface area contributed by atoms with Crippen LogP contribution in [0.2, 0.25) is 0 Å². The molecule has 0 aliphatic heterocycles. The van der Waals surface area contributed by atoms with Crippen LogP contribution in [0.25, 0.3) is 10.8 Å². The molecule has 3 N–H and O–H groups in total. The molecule has 38 heavy (non-hydrogen) atoms. The van der Waals surface area contributed by atoms with Crippen molar-refractivity contribution in [3.8, 4) is 0 Å². The molecule has 1 atom stereocenters. The van der Waals surface area contributed by atoms with Gasteiger partial charge in [0.25, 0.3) is 15.9 Å². The number of nitrogens with one attached hydrogen (secondary N) is 3. The van der Waals surface area contributed by atoms with Gasteiger partial charge in [-0.1, -0.05) is 60.7 Å². The Morgan fingerprint density at radius 2 is 1.45 bits per heavy atom. The fourth-order valence-corrected chi connectivity index (χ4v) is 5.00.